The largest absolute Gasteiger partial charge is 0.349 e. The van der Waals surface area contributed by atoms with E-state index < -0.39 is 0 Å². The molecule has 0 spiro atoms. The lowest BCUT2D eigenvalue weighted by Gasteiger charge is -2.17. The predicted octanol–water partition coefficient (Wildman–Crippen LogP) is 4.47. The maximum absolute atomic E-state index is 12.9. The molecule has 0 fully saturated rings. The molecule has 166 valence electrons. The first-order valence-corrected chi connectivity index (χ1v) is 11.9. The van der Waals surface area contributed by atoms with Crippen LogP contribution in [-0.2, 0) is 11.3 Å². The van der Waals surface area contributed by atoms with Crippen LogP contribution in [0.1, 0.15) is 38.3 Å². The van der Waals surface area contributed by atoms with Gasteiger partial charge >= 0.3 is 0 Å². The summed E-state index contributed by atoms with van der Waals surface area (Å²) in [6.45, 7) is 4.59. The van der Waals surface area contributed by atoms with Crippen molar-refractivity contribution in [1.29, 1.82) is 0 Å². The fourth-order valence-corrected chi connectivity index (χ4v) is 4.61. The van der Waals surface area contributed by atoms with Crippen molar-refractivity contribution in [1.82, 2.24) is 24.5 Å². The van der Waals surface area contributed by atoms with Crippen molar-refractivity contribution >= 4 is 46.0 Å². The summed E-state index contributed by atoms with van der Waals surface area (Å²) in [5.74, 6) is 0.581. The number of hydrogen-bond acceptors (Lipinski definition) is 5. The Morgan fingerprint density at radius 1 is 1.12 bits per heavy atom. The van der Waals surface area contributed by atoms with Gasteiger partial charge in [-0.25, -0.2) is 0 Å². The molecule has 2 aromatic carbocycles. The van der Waals surface area contributed by atoms with Gasteiger partial charge in [0, 0.05) is 11.6 Å². The highest BCUT2D eigenvalue weighted by Crippen LogP contribution is 2.23. The van der Waals surface area contributed by atoms with E-state index in [1.165, 1.54) is 11.8 Å². The Hall–Kier alpha value is -2.84. The molecule has 1 N–H and O–H groups in total. The van der Waals surface area contributed by atoms with Crippen molar-refractivity contribution in [2.75, 3.05) is 5.75 Å². The van der Waals surface area contributed by atoms with E-state index in [-0.39, 0.29) is 23.3 Å². The van der Waals surface area contributed by atoms with Crippen LogP contribution in [0.3, 0.4) is 0 Å². The minimum Gasteiger partial charge on any atom is -0.349 e. The van der Waals surface area contributed by atoms with E-state index in [0.29, 0.717) is 27.9 Å². The van der Waals surface area contributed by atoms with Crippen molar-refractivity contribution in [2.45, 2.75) is 44.4 Å². The molecule has 1 unspecified atom stereocenters. The number of amides is 1. The van der Waals surface area contributed by atoms with Gasteiger partial charge in [-0.3, -0.25) is 18.6 Å². The number of hydrogen-bond donors (Lipinski definition) is 1. The van der Waals surface area contributed by atoms with Crippen molar-refractivity contribution in [3.05, 3.63) is 69.5 Å². The molecule has 32 heavy (non-hydrogen) atoms. The van der Waals surface area contributed by atoms with Gasteiger partial charge in [0.1, 0.15) is 0 Å². The van der Waals surface area contributed by atoms with E-state index in [1.54, 1.807) is 4.57 Å². The lowest BCUT2D eigenvalue weighted by Crippen LogP contribution is -2.29. The summed E-state index contributed by atoms with van der Waals surface area (Å²) in [5, 5.41) is 13.5. The molecule has 4 rings (SSSR count). The minimum atomic E-state index is -0.0975. The van der Waals surface area contributed by atoms with Crippen molar-refractivity contribution in [3.8, 4) is 0 Å². The average Bonchev–Trinajstić information content (AvgIpc) is 3.23. The van der Waals surface area contributed by atoms with Crippen LogP contribution >= 0.6 is 23.4 Å². The number of thioether (sulfide) groups is 1. The van der Waals surface area contributed by atoms with Crippen LogP contribution in [-0.4, -0.2) is 30.8 Å². The van der Waals surface area contributed by atoms with Gasteiger partial charge in [0.15, 0.2) is 5.16 Å². The minimum absolute atomic E-state index is 0.0783. The Kier molecular flexibility index (Phi) is 6.81. The molecule has 0 bridgehead atoms. The highest BCUT2D eigenvalue weighted by atomic mass is 35.5. The number of para-hydroxylation sites is 1. The second-order valence-corrected chi connectivity index (χ2v) is 8.84. The van der Waals surface area contributed by atoms with Crippen molar-refractivity contribution < 1.29 is 4.79 Å². The number of halogens is 1. The molecule has 7 nitrogen and oxygen atoms in total. The number of carbonyl (C=O) groups is 1. The van der Waals surface area contributed by atoms with Gasteiger partial charge in [-0.05, 0) is 42.7 Å². The summed E-state index contributed by atoms with van der Waals surface area (Å²) >= 11 is 7.28. The van der Waals surface area contributed by atoms with Crippen LogP contribution in [0.5, 0.6) is 0 Å². The molecule has 0 saturated carbocycles. The van der Waals surface area contributed by atoms with Gasteiger partial charge in [-0.1, -0.05) is 61.5 Å². The molecule has 0 saturated heterocycles. The van der Waals surface area contributed by atoms with Gasteiger partial charge < -0.3 is 5.32 Å². The summed E-state index contributed by atoms with van der Waals surface area (Å²) in [4.78, 5) is 25.6. The number of benzene rings is 2. The zero-order valence-corrected chi connectivity index (χ0v) is 19.5. The standard InChI is InChI=1S/C23H24ClN5O2S/c1-3-13-28-21(31)17-7-5-6-8-19(17)29-22(28)26-27-23(29)32-14-20(30)25-18(4-2)15-9-11-16(24)12-10-15/h5-12,18H,3-4,13-14H2,1-2H3,(H,25,30). The number of carbonyl (C=O) groups excluding carboxylic acids is 1. The number of fused-ring (bicyclic) bond motifs is 3. The fraction of sp³-hybridized carbons (Fsp3) is 0.304. The molecule has 0 radical (unpaired) electrons. The van der Waals surface area contributed by atoms with Crippen LogP contribution in [0.25, 0.3) is 16.7 Å². The van der Waals surface area contributed by atoms with Gasteiger partial charge in [0.05, 0.1) is 22.7 Å². The van der Waals surface area contributed by atoms with Crippen LogP contribution in [0.4, 0.5) is 0 Å². The van der Waals surface area contributed by atoms with E-state index in [2.05, 4.69) is 15.5 Å². The molecule has 0 aliphatic heterocycles. The highest BCUT2D eigenvalue weighted by molar-refractivity contribution is 7.99. The molecule has 9 heteroatoms. The van der Waals surface area contributed by atoms with Crippen molar-refractivity contribution in [3.63, 3.8) is 0 Å². The zero-order valence-electron chi connectivity index (χ0n) is 17.9. The Bertz CT molecular complexity index is 1320. The molecular weight excluding hydrogens is 446 g/mol. The molecule has 2 aromatic heterocycles. The number of aryl methyl sites for hydroxylation is 1. The van der Waals surface area contributed by atoms with Gasteiger partial charge in [-0.15, -0.1) is 10.2 Å². The number of nitrogens with zero attached hydrogens (tertiary/aromatic N) is 4. The first kappa shape index (κ1) is 22.4. The third kappa shape index (κ3) is 4.38. The van der Waals surface area contributed by atoms with E-state index in [4.69, 9.17) is 11.6 Å². The molecule has 1 atom stereocenters. The second-order valence-electron chi connectivity index (χ2n) is 7.46. The SMILES string of the molecule is CCCn1c(=O)c2ccccc2n2c(SCC(=O)NC(CC)c3ccc(Cl)cc3)nnc12. The molecule has 0 aliphatic rings. The zero-order chi connectivity index (χ0) is 22.7. The number of rotatable bonds is 8. The average molecular weight is 470 g/mol. The number of aromatic nitrogens is 4. The van der Waals surface area contributed by atoms with Gasteiger partial charge in [0.25, 0.3) is 5.56 Å². The first-order chi connectivity index (χ1) is 15.5. The third-order valence-electron chi connectivity index (χ3n) is 5.27. The first-order valence-electron chi connectivity index (χ1n) is 10.6. The second kappa shape index (κ2) is 9.75. The summed E-state index contributed by atoms with van der Waals surface area (Å²) in [5.41, 5.74) is 1.67. The Morgan fingerprint density at radius 3 is 2.59 bits per heavy atom. The normalized spacial score (nSPS) is 12.3. The summed E-state index contributed by atoms with van der Waals surface area (Å²) < 4.78 is 3.51. The Morgan fingerprint density at radius 2 is 1.88 bits per heavy atom. The molecule has 2 heterocycles. The maximum Gasteiger partial charge on any atom is 0.262 e. The number of nitrogens with one attached hydrogen (secondary N) is 1. The summed E-state index contributed by atoms with van der Waals surface area (Å²) in [6, 6.07) is 14.8. The highest BCUT2D eigenvalue weighted by Gasteiger charge is 2.18. The fourth-order valence-electron chi connectivity index (χ4n) is 3.73. The van der Waals surface area contributed by atoms with Crippen LogP contribution in [0.15, 0.2) is 58.5 Å². The quantitative estimate of drug-likeness (QED) is 0.385. The summed E-state index contributed by atoms with van der Waals surface area (Å²) in [6.07, 6.45) is 1.56. The van der Waals surface area contributed by atoms with Gasteiger partial charge in [0.2, 0.25) is 11.7 Å². The summed E-state index contributed by atoms with van der Waals surface area (Å²) in [7, 11) is 0. The molecule has 1 amide bonds. The molecule has 0 aliphatic carbocycles. The van der Waals surface area contributed by atoms with E-state index >= 15 is 0 Å². The Labute approximate surface area is 194 Å². The lowest BCUT2D eigenvalue weighted by molar-refractivity contribution is -0.119. The molecular formula is C23H24ClN5O2S. The maximum atomic E-state index is 12.9. The lowest BCUT2D eigenvalue weighted by atomic mass is 10.0. The topological polar surface area (TPSA) is 81.3 Å². The third-order valence-corrected chi connectivity index (χ3v) is 6.45. The smallest absolute Gasteiger partial charge is 0.262 e. The molecule has 4 aromatic rings. The Balaban J connectivity index is 1.59. The van der Waals surface area contributed by atoms with Crippen LogP contribution in [0.2, 0.25) is 5.02 Å². The van der Waals surface area contributed by atoms with Gasteiger partial charge in [-0.2, -0.15) is 0 Å². The predicted molar refractivity (Wildman–Crippen MR) is 128 cm³/mol. The van der Waals surface area contributed by atoms with Crippen LogP contribution in [0, 0.1) is 0 Å². The van der Waals surface area contributed by atoms with Crippen molar-refractivity contribution in [2.24, 2.45) is 0 Å². The van der Waals surface area contributed by atoms with E-state index in [0.717, 1.165) is 23.9 Å². The monoisotopic (exact) mass is 469 g/mol. The van der Waals surface area contributed by atoms with E-state index in [1.807, 2.05) is 66.8 Å². The van der Waals surface area contributed by atoms with Crippen LogP contribution < -0.4 is 10.9 Å². The van der Waals surface area contributed by atoms with E-state index in [9.17, 15) is 9.59 Å².